The van der Waals surface area contributed by atoms with E-state index in [1.807, 2.05) is 0 Å². The van der Waals surface area contributed by atoms with Crippen molar-refractivity contribution in [3.05, 3.63) is 76.9 Å². The van der Waals surface area contributed by atoms with Crippen LogP contribution in [-0.4, -0.2) is 27.3 Å². The number of carbonyl (C=O) groups is 1. The highest BCUT2D eigenvalue weighted by atomic mass is 16.6. The van der Waals surface area contributed by atoms with E-state index in [-0.39, 0.29) is 40.4 Å². The highest BCUT2D eigenvalue weighted by Crippen LogP contribution is 2.53. The highest BCUT2D eigenvalue weighted by molar-refractivity contribution is 6.13. The van der Waals surface area contributed by atoms with E-state index in [9.17, 15) is 45.7 Å². The SMILES string of the molecule is CC(C)COC(=O)c1cc([N+](=O)[O-])cc2c1-c1c(cc([N+](=O)[O-])cc1[N+](=O)[O-])C2=C(C#N)C#N. The Hall–Kier alpha value is -5.17. The molecule has 0 amide bonds. The molecule has 0 spiro atoms. The van der Waals surface area contributed by atoms with Crippen LogP contribution in [-0.2, 0) is 4.74 Å². The van der Waals surface area contributed by atoms with Gasteiger partial charge in [0.15, 0.2) is 0 Å². The number of fused-ring (bicyclic) bond motifs is 3. The molecule has 0 saturated heterocycles. The van der Waals surface area contributed by atoms with Crippen LogP contribution in [0.25, 0.3) is 16.7 Å². The summed E-state index contributed by atoms with van der Waals surface area (Å²) >= 11 is 0. The van der Waals surface area contributed by atoms with Crippen LogP contribution in [0.5, 0.6) is 0 Å². The fourth-order valence-corrected chi connectivity index (χ4v) is 3.55. The standard InChI is InChI=1S/C21H13N5O8/c1-10(2)9-34-21(27)16-5-12(24(28)29)3-14-18(11(7-22)8-23)15-4-13(25(30)31)6-17(26(32)33)20(15)19(14)16/h3-6,10H,9H2,1-2H3. The molecule has 0 fully saturated rings. The van der Waals surface area contributed by atoms with Gasteiger partial charge in [-0.1, -0.05) is 13.8 Å². The number of non-ortho nitro benzene ring substituents is 2. The van der Waals surface area contributed by atoms with E-state index in [0.717, 1.165) is 18.2 Å². The number of allylic oxidation sites excluding steroid dienone is 1. The largest absolute Gasteiger partial charge is 0.462 e. The van der Waals surface area contributed by atoms with Gasteiger partial charge in [0.2, 0.25) is 0 Å². The molecule has 34 heavy (non-hydrogen) atoms. The fraction of sp³-hybridized carbons (Fsp3) is 0.190. The predicted molar refractivity (Wildman–Crippen MR) is 114 cm³/mol. The van der Waals surface area contributed by atoms with Crippen molar-refractivity contribution in [3.63, 3.8) is 0 Å². The number of ether oxygens (including phenoxy) is 1. The Balaban J connectivity index is 2.55. The molecule has 2 aromatic carbocycles. The van der Waals surface area contributed by atoms with Crippen molar-refractivity contribution in [2.75, 3.05) is 6.61 Å². The number of nitro benzene ring substituents is 3. The molecule has 2 aromatic rings. The van der Waals surface area contributed by atoms with Gasteiger partial charge in [-0.2, -0.15) is 10.5 Å². The van der Waals surface area contributed by atoms with Gasteiger partial charge in [0.1, 0.15) is 17.7 Å². The minimum Gasteiger partial charge on any atom is -0.462 e. The van der Waals surface area contributed by atoms with Gasteiger partial charge in [-0.05, 0) is 5.92 Å². The van der Waals surface area contributed by atoms with Crippen LogP contribution in [0.2, 0.25) is 0 Å². The number of benzene rings is 2. The molecule has 0 aliphatic heterocycles. The summed E-state index contributed by atoms with van der Waals surface area (Å²) in [4.78, 5) is 45.1. The van der Waals surface area contributed by atoms with Crippen molar-refractivity contribution in [3.8, 4) is 23.3 Å². The van der Waals surface area contributed by atoms with E-state index in [0.29, 0.717) is 6.07 Å². The summed E-state index contributed by atoms with van der Waals surface area (Å²) in [5, 5.41) is 53.8. The van der Waals surface area contributed by atoms with Gasteiger partial charge in [0, 0.05) is 40.5 Å². The second-order valence-electron chi connectivity index (χ2n) is 7.54. The van der Waals surface area contributed by atoms with Gasteiger partial charge in [-0.3, -0.25) is 30.3 Å². The lowest BCUT2D eigenvalue weighted by atomic mass is 9.96. The molecule has 13 nitrogen and oxygen atoms in total. The van der Waals surface area contributed by atoms with Crippen LogP contribution in [0.15, 0.2) is 29.8 Å². The first-order valence-electron chi connectivity index (χ1n) is 9.53. The van der Waals surface area contributed by atoms with Gasteiger partial charge >= 0.3 is 5.97 Å². The molecule has 13 heteroatoms. The summed E-state index contributed by atoms with van der Waals surface area (Å²) < 4.78 is 5.19. The number of hydrogen-bond donors (Lipinski definition) is 0. The Bertz CT molecular complexity index is 1400. The molecule has 0 unspecified atom stereocenters. The first-order chi connectivity index (χ1) is 16.0. The minimum absolute atomic E-state index is 0.0597. The molecular formula is C21H13N5O8. The molecule has 0 N–H and O–H groups in total. The van der Waals surface area contributed by atoms with Crippen molar-refractivity contribution < 1.29 is 24.3 Å². The summed E-state index contributed by atoms with van der Waals surface area (Å²) in [6.45, 7) is 3.44. The number of nitro groups is 3. The number of rotatable bonds is 6. The molecular weight excluding hydrogens is 450 g/mol. The zero-order valence-corrected chi connectivity index (χ0v) is 17.6. The number of hydrogen-bond acceptors (Lipinski definition) is 10. The normalized spacial score (nSPS) is 11.1. The monoisotopic (exact) mass is 463 g/mol. The summed E-state index contributed by atoms with van der Waals surface area (Å²) in [6.07, 6.45) is 0. The number of nitrogens with zero attached hydrogens (tertiary/aromatic N) is 5. The zero-order valence-electron chi connectivity index (χ0n) is 17.6. The summed E-state index contributed by atoms with van der Waals surface area (Å²) in [5.74, 6) is -1.12. The van der Waals surface area contributed by atoms with Crippen LogP contribution >= 0.6 is 0 Å². The Morgan fingerprint density at radius 3 is 1.91 bits per heavy atom. The average Bonchev–Trinajstić information content (AvgIpc) is 3.11. The molecule has 0 atom stereocenters. The van der Waals surface area contributed by atoms with E-state index >= 15 is 0 Å². The third-order valence-corrected chi connectivity index (χ3v) is 4.87. The molecule has 1 aliphatic rings. The Morgan fingerprint density at radius 1 is 0.912 bits per heavy atom. The first-order valence-corrected chi connectivity index (χ1v) is 9.53. The molecule has 0 saturated carbocycles. The lowest BCUT2D eigenvalue weighted by Crippen LogP contribution is -2.12. The van der Waals surface area contributed by atoms with E-state index in [1.54, 1.807) is 26.0 Å². The summed E-state index contributed by atoms with van der Waals surface area (Å²) in [7, 11) is 0. The average molecular weight is 463 g/mol. The Kier molecular flexibility index (Phi) is 6.05. The molecule has 0 aromatic heterocycles. The fourth-order valence-electron chi connectivity index (χ4n) is 3.55. The van der Waals surface area contributed by atoms with Gasteiger partial charge < -0.3 is 4.74 Å². The van der Waals surface area contributed by atoms with Crippen LogP contribution in [0.3, 0.4) is 0 Å². The van der Waals surface area contributed by atoms with Gasteiger partial charge in [0.05, 0.1) is 38.6 Å². The molecule has 170 valence electrons. The van der Waals surface area contributed by atoms with E-state index < -0.39 is 48.9 Å². The number of esters is 1. The van der Waals surface area contributed by atoms with Crippen molar-refractivity contribution in [1.29, 1.82) is 10.5 Å². The molecule has 1 aliphatic carbocycles. The number of carbonyl (C=O) groups excluding carboxylic acids is 1. The molecule has 3 rings (SSSR count). The van der Waals surface area contributed by atoms with Crippen molar-refractivity contribution in [1.82, 2.24) is 0 Å². The maximum atomic E-state index is 12.9. The summed E-state index contributed by atoms with van der Waals surface area (Å²) in [6, 6.07) is 6.62. The predicted octanol–water partition coefficient (Wildman–Crippen LogP) is 4.05. The molecule has 0 radical (unpaired) electrons. The summed E-state index contributed by atoms with van der Waals surface area (Å²) in [5.41, 5.74) is -4.29. The van der Waals surface area contributed by atoms with Crippen LogP contribution in [0.1, 0.15) is 35.3 Å². The van der Waals surface area contributed by atoms with Gasteiger partial charge in [-0.15, -0.1) is 0 Å². The topological polar surface area (TPSA) is 203 Å². The number of nitriles is 2. The molecule has 0 bridgehead atoms. The van der Waals surface area contributed by atoms with Crippen molar-refractivity contribution in [2.24, 2.45) is 5.92 Å². The first kappa shape index (κ1) is 23.5. The quantitative estimate of drug-likeness (QED) is 0.222. The minimum atomic E-state index is -1.02. The van der Waals surface area contributed by atoms with E-state index in [2.05, 4.69) is 0 Å². The second kappa shape index (κ2) is 8.76. The van der Waals surface area contributed by atoms with Crippen LogP contribution in [0.4, 0.5) is 17.1 Å². The van der Waals surface area contributed by atoms with Crippen molar-refractivity contribution >= 4 is 28.6 Å². The van der Waals surface area contributed by atoms with Crippen LogP contribution < -0.4 is 0 Å². The van der Waals surface area contributed by atoms with E-state index in [4.69, 9.17) is 4.74 Å². The third-order valence-electron chi connectivity index (χ3n) is 4.87. The van der Waals surface area contributed by atoms with Crippen molar-refractivity contribution in [2.45, 2.75) is 13.8 Å². The molecule has 0 heterocycles. The maximum absolute atomic E-state index is 12.9. The van der Waals surface area contributed by atoms with Gasteiger partial charge in [0.25, 0.3) is 17.1 Å². The lowest BCUT2D eigenvalue weighted by Gasteiger charge is -2.11. The Labute approximate surface area is 190 Å². The third kappa shape index (κ3) is 3.89. The lowest BCUT2D eigenvalue weighted by molar-refractivity contribution is -0.393. The smallest absolute Gasteiger partial charge is 0.339 e. The zero-order chi connectivity index (χ0) is 25.3. The van der Waals surface area contributed by atoms with Gasteiger partial charge in [-0.25, -0.2) is 4.79 Å². The van der Waals surface area contributed by atoms with Crippen LogP contribution in [0, 0.1) is 58.9 Å². The van der Waals surface area contributed by atoms with E-state index in [1.165, 1.54) is 0 Å². The second-order valence-corrected chi connectivity index (χ2v) is 7.54. The maximum Gasteiger partial charge on any atom is 0.339 e. The Morgan fingerprint density at radius 2 is 1.44 bits per heavy atom. The highest BCUT2D eigenvalue weighted by Gasteiger charge is 2.40.